The molecule has 1 aromatic carbocycles. The van der Waals surface area contributed by atoms with E-state index in [0.717, 1.165) is 21.6 Å². The van der Waals surface area contributed by atoms with Crippen LogP contribution in [0.1, 0.15) is 25.9 Å². The maximum Gasteiger partial charge on any atom is 0.335 e. The van der Waals surface area contributed by atoms with E-state index >= 15 is 0 Å². The number of carboxylic acid groups (broad SMARTS) is 1. The van der Waals surface area contributed by atoms with Crippen LogP contribution in [-0.2, 0) is 6.61 Å². The van der Waals surface area contributed by atoms with Gasteiger partial charge in [0, 0.05) is 4.88 Å². The number of hydrogen-bond donors (Lipinski definition) is 1. The first kappa shape index (κ1) is 13.5. The van der Waals surface area contributed by atoms with Crippen molar-refractivity contribution >= 4 is 17.3 Å². The van der Waals surface area contributed by atoms with Crippen LogP contribution in [0.25, 0.3) is 0 Å². The predicted octanol–water partition coefficient (Wildman–Crippen LogP) is 3.18. The van der Waals surface area contributed by atoms with Crippen LogP contribution in [0.4, 0.5) is 4.39 Å². The van der Waals surface area contributed by atoms with Crippen LogP contribution in [0.15, 0.2) is 18.2 Å². The third-order valence-electron chi connectivity index (χ3n) is 2.60. The van der Waals surface area contributed by atoms with Gasteiger partial charge in [-0.05, 0) is 32.0 Å². The Labute approximate surface area is 113 Å². The molecular formula is C13H12FNO3S. The Morgan fingerprint density at radius 3 is 2.74 bits per heavy atom. The van der Waals surface area contributed by atoms with E-state index in [4.69, 9.17) is 9.84 Å². The summed E-state index contributed by atoms with van der Waals surface area (Å²) in [5, 5.41) is 9.49. The lowest BCUT2D eigenvalue weighted by Crippen LogP contribution is -2.00. The molecule has 2 rings (SSSR count). The van der Waals surface area contributed by atoms with Gasteiger partial charge in [0.2, 0.25) is 0 Å². The number of aromatic carboxylic acids is 1. The Morgan fingerprint density at radius 1 is 1.47 bits per heavy atom. The maximum atomic E-state index is 13.6. The SMILES string of the molecule is Cc1nc(COc2ccc(C(=O)O)cc2F)sc1C. The lowest BCUT2D eigenvalue weighted by molar-refractivity contribution is 0.0696. The van der Waals surface area contributed by atoms with Gasteiger partial charge in [-0.1, -0.05) is 0 Å². The average Bonchev–Trinajstić information content (AvgIpc) is 2.67. The monoisotopic (exact) mass is 281 g/mol. The van der Waals surface area contributed by atoms with E-state index in [-0.39, 0.29) is 17.9 Å². The molecule has 0 saturated carbocycles. The molecule has 0 unspecified atom stereocenters. The van der Waals surface area contributed by atoms with Crippen LogP contribution in [-0.4, -0.2) is 16.1 Å². The molecule has 0 spiro atoms. The number of aromatic nitrogens is 1. The number of hydrogen-bond acceptors (Lipinski definition) is 4. The minimum absolute atomic E-state index is 0.0236. The Hall–Kier alpha value is -1.95. The number of benzene rings is 1. The van der Waals surface area contributed by atoms with Crippen molar-refractivity contribution < 1.29 is 19.0 Å². The van der Waals surface area contributed by atoms with E-state index in [9.17, 15) is 9.18 Å². The summed E-state index contributed by atoms with van der Waals surface area (Å²) in [7, 11) is 0. The van der Waals surface area contributed by atoms with E-state index in [1.807, 2.05) is 13.8 Å². The fraction of sp³-hybridized carbons (Fsp3) is 0.231. The van der Waals surface area contributed by atoms with Gasteiger partial charge in [-0.25, -0.2) is 14.2 Å². The summed E-state index contributed by atoms with van der Waals surface area (Å²) in [5.41, 5.74) is 0.830. The minimum atomic E-state index is -1.17. The van der Waals surface area contributed by atoms with E-state index in [1.54, 1.807) is 0 Å². The molecule has 100 valence electrons. The lowest BCUT2D eigenvalue weighted by atomic mass is 10.2. The van der Waals surface area contributed by atoms with Gasteiger partial charge in [0.25, 0.3) is 0 Å². The molecular weight excluding hydrogens is 269 g/mol. The van der Waals surface area contributed by atoms with Crippen molar-refractivity contribution in [3.05, 3.63) is 45.2 Å². The molecule has 0 radical (unpaired) electrons. The van der Waals surface area contributed by atoms with Crippen LogP contribution in [0.3, 0.4) is 0 Å². The average molecular weight is 281 g/mol. The molecule has 19 heavy (non-hydrogen) atoms. The van der Waals surface area contributed by atoms with Crippen LogP contribution in [0.5, 0.6) is 5.75 Å². The van der Waals surface area contributed by atoms with Gasteiger partial charge >= 0.3 is 5.97 Å². The van der Waals surface area contributed by atoms with Gasteiger partial charge in [0.05, 0.1) is 11.3 Å². The smallest absolute Gasteiger partial charge is 0.335 e. The molecule has 1 aromatic heterocycles. The van der Waals surface area contributed by atoms with Crippen molar-refractivity contribution in [2.24, 2.45) is 0 Å². The van der Waals surface area contributed by atoms with Crippen LogP contribution >= 0.6 is 11.3 Å². The molecule has 0 saturated heterocycles. The number of thiazole rings is 1. The highest BCUT2D eigenvalue weighted by molar-refractivity contribution is 7.11. The predicted molar refractivity (Wildman–Crippen MR) is 69.3 cm³/mol. The lowest BCUT2D eigenvalue weighted by Gasteiger charge is -2.05. The summed E-state index contributed by atoms with van der Waals surface area (Å²) < 4.78 is 18.9. The summed E-state index contributed by atoms with van der Waals surface area (Å²) in [6.07, 6.45) is 0. The molecule has 1 N–H and O–H groups in total. The zero-order valence-electron chi connectivity index (χ0n) is 10.4. The fourth-order valence-electron chi connectivity index (χ4n) is 1.49. The molecule has 0 amide bonds. The second kappa shape index (κ2) is 5.36. The summed E-state index contributed by atoms with van der Waals surface area (Å²) in [4.78, 5) is 16.0. The quantitative estimate of drug-likeness (QED) is 0.935. The minimum Gasteiger partial charge on any atom is -0.483 e. The third kappa shape index (κ3) is 3.08. The first-order valence-electron chi connectivity index (χ1n) is 5.56. The number of carboxylic acids is 1. The molecule has 0 atom stereocenters. The molecule has 0 bridgehead atoms. The van der Waals surface area contributed by atoms with Crippen LogP contribution in [0, 0.1) is 19.7 Å². The first-order valence-corrected chi connectivity index (χ1v) is 6.37. The third-order valence-corrected chi connectivity index (χ3v) is 3.65. The van der Waals surface area contributed by atoms with Crippen LogP contribution in [0.2, 0.25) is 0 Å². The van der Waals surface area contributed by atoms with Crippen molar-refractivity contribution in [2.75, 3.05) is 0 Å². The van der Waals surface area contributed by atoms with E-state index in [0.29, 0.717) is 0 Å². The molecule has 0 aliphatic heterocycles. The molecule has 2 aromatic rings. The van der Waals surface area contributed by atoms with Gasteiger partial charge in [0.15, 0.2) is 11.6 Å². The van der Waals surface area contributed by atoms with E-state index < -0.39 is 11.8 Å². The Balaban J connectivity index is 2.09. The summed E-state index contributed by atoms with van der Waals surface area (Å²) >= 11 is 1.49. The standard InChI is InChI=1S/C13H12FNO3S/c1-7-8(2)19-12(15-7)6-18-11-4-3-9(13(16)17)5-10(11)14/h3-5H,6H2,1-2H3,(H,16,17). The Bertz CT molecular complexity index is 605. The van der Waals surface area contributed by atoms with Gasteiger partial charge < -0.3 is 9.84 Å². The maximum absolute atomic E-state index is 13.6. The van der Waals surface area contributed by atoms with Crippen molar-refractivity contribution in [1.82, 2.24) is 4.98 Å². The summed E-state index contributed by atoms with van der Waals surface area (Å²) in [5.74, 6) is -1.84. The van der Waals surface area contributed by atoms with E-state index in [1.165, 1.54) is 23.5 Å². The molecule has 4 nitrogen and oxygen atoms in total. The molecule has 0 aliphatic rings. The normalized spacial score (nSPS) is 10.5. The molecule has 0 fully saturated rings. The van der Waals surface area contributed by atoms with Crippen molar-refractivity contribution in [3.63, 3.8) is 0 Å². The Morgan fingerprint density at radius 2 is 2.21 bits per heavy atom. The van der Waals surface area contributed by atoms with Gasteiger partial charge in [-0.2, -0.15) is 0 Å². The van der Waals surface area contributed by atoms with E-state index in [2.05, 4.69) is 4.98 Å². The second-order valence-electron chi connectivity index (χ2n) is 3.99. The second-order valence-corrected chi connectivity index (χ2v) is 5.28. The largest absolute Gasteiger partial charge is 0.483 e. The number of carbonyl (C=O) groups is 1. The molecule has 1 heterocycles. The molecule has 0 aliphatic carbocycles. The topological polar surface area (TPSA) is 59.4 Å². The highest BCUT2D eigenvalue weighted by Crippen LogP contribution is 2.22. The van der Waals surface area contributed by atoms with Gasteiger partial charge in [0.1, 0.15) is 11.6 Å². The highest BCUT2D eigenvalue weighted by atomic mass is 32.1. The molecule has 6 heteroatoms. The van der Waals surface area contributed by atoms with Gasteiger partial charge in [-0.3, -0.25) is 0 Å². The summed E-state index contributed by atoms with van der Waals surface area (Å²) in [6, 6.07) is 3.56. The number of rotatable bonds is 4. The number of nitrogens with zero attached hydrogens (tertiary/aromatic N) is 1. The number of ether oxygens (including phenoxy) is 1. The Kier molecular flexibility index (Phi) is 3.80. The number of halogens is 1. The summed E-state index contributed by atoms with van der Waals surface area (Å²) in [6.45, 7) is 4.03. The zero-order valence-corrected chi connectivity index (χ0v) is 11.3. The highest BCUT2D eigenvalue weighted by Gasteiger charge is 2.10. The van der Waals surface area contributed by atoms with Crippen molar-refractivity contribution in [2.45, 2.75) is 20.5 Å². The van der Waals surface area contributed by atoms with Crippen molar-refractivity contribution in [1.29, 1.82) is 0 Å². The van der Waals surface area contributed by atoms with Gasteiger partial charge in [-0.15, -0.1) is 11.3 Å². The van der Waals surface area contributed by atoms with Crippen molar-refractivity contribution in [3.8, 4) is 5.75 Å². The zero-order chi connectivity index (χ0) is 14.0. The van der Waals surface area contributed by atoms with Crippen LogP contribution < -0.4 is 4.74 Å². The first-order chi connectivity index (χ1) is 8.97. The number of aryl methyl sites for hydroxylation is 2. The fourth-order valence-corrected chi connectivity index (χ4v) is 2.34.